The SMILES string of the molecule is CC1(C)CC(C(=O)CCCCCCCCCNC(=O)C2CC(C)(C)N(O)C2(C)C)C(C)(C)N1O.CC1(C)CC(C(=O)OCCCCCCCCOC(=O)C2CC(C)(C)N(O)C2(C)C)C(C)(C)N1O.CCCc1ccc(-c2ccc(OCCOC(=O)C3CC(C)(C)N(O)C3(C)C)cc2)cc1.CCOc1ccc(-c2ccc(OCCOC(=O)C3CC(C)(C)N(O)C3(C)C)cc2)cc1. The third kappa shape index (κ3) is 28.0. The first-order chi connectivity index (χ1) is 60.4. The zero-order chi connectivity index (χ0) is 97.2. The Hall–Kier alpha value is -7.18. The number of hydrogen-bond donors (Lipinski definition) is 7. The van der Waals surface area contributed by atoms with Gasteiger partial charge in [0, 0.05) is 52.1 Å². The van der Waals surface area contributed by atoms with Gasteiger partial charge in [0.05, 0.1) is 82.6 Å². The summed E-state index contributed by atoms with van der Waals surface area (Å²) in [6.45, 7) is 53.3. The molecule has 26 heteroatoms. The number of hydrogen-bond acceptors (Lipinski definition) is 25. The largest absolute Gasteiger partial charge is 0.494 e. The molecule has 0 aromatic heterocycles. The lowest BCUT2D eigenvalue weighted by molar-refractivity contribution is -0.200. The highest BCUT2D eigenvalue weighted by Crippen LogP contribution is 2.50. The molecule has 10 rings (SSSR count). The van der Waals surface area contributed by atoms with Crippen LogP contribution < -0.4 is 19.5 Å². The Balaban J connectivity index is 0.000000237. The van der Waals surface area contributed by atoms with Crippen LogP contribution in [0, 0.1) is 35.5 Å². The van der Waals surface area contributed by atoms with E-state index < -0.39 is 55.4 Å². The van der Waals surface area contributed by atoms with Crippen LogP contribution in [0.3, 0.4) is 0 Å². The number of hydroxylamine groups is 12. The maximum absolute atomic E-state index is 12.8. The van der Waals surface area contributed by atoms with E-state index in [4.69, 9.17) is 33.2 Å². The number of amides is 1. The highest BCUT2D eigenvalue weighted by molar-refractivity contribution is 5.83. The molecule has 6 saturated heterocycles. The fourth-order valence-electron chi connectivity index (χ4n) is 20.6. The number of nitrogens with zero attached hydrogens (tertiary/aromatic N) is 6. The highest BCUT2D eigenvalue weighted by Gasteiger charge is 2.60. The predicted molar refractivity (Wildman–Crippen MR) is 506 cm³/mol. The fraction of sp³-hybridized carbons (Fsp3) is 0.712. The van der Waals surface area contributed by atoms with Crippen LogP contribution in [0.2, 0.25) is 0 Å². The maximum atomic E-state index is 12.8. The van der Waals surface area contributed by atoms with Crippen molar-refractivity contribution in [2.24, 2.45) is 35.5 Å². The summed E-state index contributed by atoms with van der Waals surface area (Å²) in [5.74, 6) is -0.169. The van der Waals surface area contributed by atoms with Gasteiger partial charge in [-0.2, -0.15) is 30.4 Å². The van der Waals surface area contributed by atoms with Crippen molar-refractivity contribution in [1.29, 1.82) is 0 Å². The van der Waals surface area contributed by atoms with Crippen LogP contribution in [0.25, 0.3) is 22.3 Å². The van der Waals surface area contributed by atoms with Gasteiger partial charge in [-0.25, -0.2) is 0 Å². The fourth-order valence-corrected chi connectivity index (χ4v) is 20.6. The summed E-state index contributed by atoms with van der Waals surface area (Å²) in [7, 11) is 0. The van der Waals surface area contributed by atoms with E-state index >= 15 is 0 Å². The molecule has 732 valence electrons. The number of ketones is 1. The molecule has 0 saturated carbocycles. The molecular weight excluding hydrogens is 1650 g/mol. The second-order valence-electron chi connectivity index (χ2n) is 44.1. The van der Waals surface area contributed by atoms with Crippen LogP contribution >= 0.6 is 0 Å². The van der Waals surface area contributed by atoms with Crippen molar-refractivity contribution in [3.63, 3.8) is 0 Å². The van der Waals surface area contributed by atoms with Crippen LogP contribution in [-0.4, -0.2) is 216 Å². The van der Waals surface area contributed by atoms with Gasteiger partial charge >= 0.3 is 23.9 Å². The van der Waals surface area contributed by atoms with Crippen LogP contribution in [0.4, 0.5) is 0 Å². The van der Waals surface area contributed by atoms with Gasteiger partial charge in [0.15, 0.2) is 0 Å². The zero-order valence-electron chi connectivity index (χ0n) is 84.1. The van der Waals surface area contributed by atoms with Crippen LogP contribution in [0.15, 0.2) is 97.1 Å². The van der Waals surface area contributed by atoms with E-state index in [0.717, 1.165) is 130 Å². The van der Waals surface area contributed by atoms with E-state index in [1.54, 1.807) is 0 Å². The Morgan fingerprint density at radius 3 is 0.823 bits per heavy atom. The van der Waals surface area contributed by atoms with Crippen LogP contribution in [0.1, 0.15) is 320 Å². The Morgan fingerprint density at radius 1 is 0.300 bits per heavy atom. The molecule has 0 bridgehead atoms. The summed E-state index contributed by atoms with van der Waals surface area (Å²) in [6, 6.07) is 32.4. The van der Waals surface area contributed by atoms with Crippen LogP contribution in [0.5, 0.6) is 17.2 Å². The molecule has 6 aliphatic heterocycles. The molecule has 1 amide bonds. The van der Waals surface area contributed by atoms with Gasteiger partial charge < -0.3 is 69.7 Å². The average Bonchev–Trinajstić information content (AvgIpc) is 1.64. The van der Waals surface area contributed by atoms with Gasteiger partial charge in [-0.1, -0.05) is 132 Å². The number of nitrogens with one attached hydrogen (secondary N) is 1. The van der Waals surface area contributed by atoms with Crippen molar-refractivity contribution in [3.05, 3.63) is 103 Å². The molecule has 6 aliphatic rings. The number of rotatable bonds is 39. The minimum atomic E-state index is -0.669. The van der Waals surface area contributed by atoms with E-state index in [9.17, 15) is 60.0 Å². The van der Waals surface area contributed by atoms with E-state index in [1.165, 1.54) is 41.5 Å². The Labute approximate surface area is 778 Å². The Bertz CT molecular complexity index is 3860. The third-order valence-electron chi connectivity index (χ3n) is 28.5. The molecule has 0 radical (unpaired) electrons. The smallest absolute Gasteiger partial charge is 0.311 e. The Kier molecular flexibility index (Phi) is 38.8. The maximum Gasteiger partial charge on any atom is 0.311 e. The van der Waals surface area contributed by atoms with Crippen molar-refractivity contribution in [3.8, 4) is 39.5 Å². The molecule has 6 fully saturated rings. The Morgan fingerprint density at radius 2 is 0.546 bits per heavy atom. The minimum absolute atomic E-state index is 0.0393. The quantitative estimate of drug-likeness (QED) is 0.0124. The normalized spacial score (nSPS) is 23.9. The van der Waals surface area contributed by atoms with Gasteiger partial charge in [0.1, 0.15) is 49.5 Å². The number of carbonyl (C=O) groups excluding carboxylic acids is 6. The third-order valence-corrected chi connectivity index (χ3v) is 28.5. The van der Waals surface area contributed by atoms with E-state index in [0.29, 0.717) is 71.3 Å². The van der Waals surface area contributed by atoms with Crippen molar-refractivity contribution in [2.75, 3.05) is 52.8 Å². The summed E-state index contributed by atoms with van der Waals surface area (Å²) < 4.78 is 38.8. The molecule has 0 spiro atoms. The van der Waals surface area contributed by atoms with Gasteiger partial charge in [-0.15, -0.1) is 0 Å². The van der Waals surface area contributed by atoms with E-state index in [2.05, 4.69) is 36.5 Å². The molecule has 6 unspecified atom stereocenters. The summed E-state index contributed by atoms with van der Waals surface area (Å²) in [6.07, 6.45) is 19.6. The van der Waals surface area contributed by atoms with Gasteiger partial charge in [0.2, 0.25) is 5.91 Å². The summed E-state index contributed by atoms with van der Waals surface area (Å²) in [4.78, 5) is 75.6. The lowest BCUT2D eigenvalue weighted by atomic mass is 9.82. The molecule has 26 nitrogen and oxygen atoms in total. The number of Topliss-reactive ketones (excluding diaryl/α,β-unsaturated/α-hetero) is 1. The molecule has 0 aliphatic carbocycles. The number of ether oxygens (including phenoxy) is 7. The van der Waals surface area contributed by atoms with E-state index in [1.807, 2.05) is 246 Å². The number of benzene rings is 4. The summed E-state index contributed by atoms with van der Waals surface area (Å²) in [5, 5.41) is 73.2. The highest BCUT2D eigenvalue weighted by atomic mass is 16.6. The summed E-state index contributed by atoms with van der Waals surface area (Å²) >= 11 is 0. The number of carbonyl (C=O) groups is 6. The zero-order valence-corrected chi connectivity index (χ0v) is 84.1. The molecule has 4 aromatic rings. The number of esters is 4. The first kappa shape index (κ1) is 110. The van der Waals surface area contributed by atoms with Gasteiger partial charge in [0.25, 0.3) is 0 Å². The lowest BCUT2D eigenvalue weighted by Crippen LogP contribution is -2.49. The van der Waals surface area contributed by atoms with Gasteiger partial charge in [-0.3, -0.25) is 28.8 Å². The second-order valence-corrected chi connectivity index (χ2v) is 44.1. The topological polar surface area (TPSA) is 320 Å². The van der Waals surface area contributed by atoms with Crippen LogP contribution in [-0.2, 0) is 54.1 Å². The van der Waals surface area contributed by atoms with Crippen molar-refractivity contribution in [1.82, 2.24) is 35.7 Å². The second kappa shape index (κ2) is 45.9. The van der Waals surface area contributed by atoms with Gasteiger partial charge in [-0.05, 0) is 308 Å². The predicted octanol–water partition coefficient (Wildman–Crippen LogP) is 20.7. The minimum Gasteiger partial charge on any atom is -0.494 e. The lowest BCUT2D eigenvalue weighted by Gasteiger charge is -2.35. The number of unbranched alkanes of at least 4 members (excludes halogenated alkanes) is 11. The molecule has 130 heavy (non-hydrogen) atoms. The molecule has 4 aromatic carbocycles. The molecular formula is C104H167N7O19. The first-order valence-corrected chi connectivity index (χ1v) is 48.1. The monoisotopic (exact) mass is 1820 g/mol. The standard InChI is InChI=1S/C27H51N3O4.C26H48N2O6.C26H35NO4.C25H33NO5/c1-24(2)18-20(26(5,6)29(24)33)22(31)16-14-12-10-9-11-13-15-17-28-23(32)21-19-25(3,4)30(34)27(21,7)8;1-23(2)17-19(25(5,6)27(23)31)21(29)33-15-13-11-9-10-12-14-16-34-22(30)20-18-24(3,4)28(32)26(20,7)8;1-6-7-19-8-10-20(11-9-19)21-12-14-22(15-13-21)30-16-17-31-24(28)23-18-25(2,3)27(29)26(23,4)5;1-6-29-20-11-7-18(8-12-20)19-9-13-21(14-10-19)30-15-16-31-23(27)22-17-24(2,3)26(28)25(22,4)5/h20-21,33-34H,9-19H2,1-8H3,(H,28,32);19-20,31-32H,9-18H2,1-8H3;8-15,23,29H,6-7,16-18H2,1-5H3;7-14,22,28H,6,15-17H2,1-5H3. The van der Waals surface area contributed by atoms with Crippen molar-refractivity contribution < 1.29 is 93.2 Å². The van der Waals surface area contributed by atoms with Crippen molar-refractivity contribution in [2.45, 2.75) is 388 Å². The van der Waals surface area contributed by atoms with E-state index in [-0.39, 0.29) is 109 Å². The van der Waals surface area contributed by atoms with Crippen molar-refractivity contribution >= 4 is 35.6 Å². The molecule has 6 atom stereocenters. The first-order valence-electron chi connectivity index (χ1n) is 48.1. The number of aryl methyl sites for hydroxylation is 1. The summed E-state index contributed by atoms with van der Waals surface area (Å²) in [5.41, 5.74) is -0.338. The molecule has 6 heterocycles. The molecule has 7 N–H and O–H groups in total. The average molecular weight is 1820 g/mol.